The van der Waals surface area contributed by atoms with Gasteiger partial charge in [0.05, 0.1) is 84.2 Å². The Hall–Kier alpha value is -2.35. The van der Waals surface area contributed by atoms with Crippen LogP contribution >= 0.6 is 0 Å². The van der Waals surface area contributed by atoms with E-state index in [2.05, 4.69) is 0 Å². The van der Waals surface area contributed by atoms with Crippen LogP contribution in [0.5, 0.6) is 5.75 Å². The van der Waals surface area contributed by atoms with Crippen molar-refractivity contribution in [2.24, 2.45) is 0 Å². The number of non-ortho nitro benzene ring substituents is 1. The number of nitrogens with zero attached hydrogens (tertiary/aromatic N) is 1. The van der Waals surface area contributed by atoms with E-state index in [0.717, 1.165) is 6.42 Å². The Morgan fingerprint density at radius 3 is 1.44 bits per heavy atom. The lowest BCUT2D eigenvalue weighted by molar-refractivity contribution is -0.384. The maximum absolute atomic E-state index is 11.1. The maximum Gasteiger partial charge on any atom is 0.305 e. The van der Waals surface area contributed by atoms with Gasteiger partial charge in [0.2, 0.25) is 0 Å². The number of rotatable bonds is 25. The van der Waals surface area contributed by atoms with E-state index in [1.807, 2.05) is 6.92 Å². The summed E-state index contributed by atoms with van der Waals surface area (Å²) >= 11 is 0. The van der Waals surface area contributed by atoms with Crippen LogP contribution in [0.2, 0.25) is 0 Å². The lowest BCUT2D eigenvalue weighted by Gasteiger charge is -2.09. The Kier molecular flexibility index (Phi) is 20.3. The minimum Gasteiger partial charge on any atom is -0.491 e. The van der Waals surface area contributed by atoms with Gasteiger partial charge in [-0.2, -0.15) is 0 Å². The van der Waals surface area contributed by atoms with Crippen LogP contribution in [0, 0.1) is 10.1 Å². The van der Waals surface area contributed by atoms with Crippen molar-refractivity contribution in [1.29, 1.82) is 0 Å². The summed E-state index contributed by atoms with van der Waals surface area (Å²) in [6, 6.07) is 5.89. The van der Waals surface area contributed by atoms with Gasteiger partial charge in [-0.3, -0.25) is 14.9 Å². The molecule has 0 heterocycles. The molecule has 1 aromatic carbocycles. The summed E-state index contributed by atoms with van der Waals surface area (Å²) in [5, 5.41) is 10.6. The van der Waals surface area contributed by atoms with Crippen LogP contribution < -0.4 is 4.74 Å². The van der Waals surface area contributed by atoms with E-state index in [1.54, 1.807) is 12.1 Å². The fourth-order valence-corrected chi connectivity index (χ4v) is 2.57. The van der Waals surface area contributed by atoms with Crippen LogP contribution in [0.1, 0.15) is 19.8 Å². The topological polar surface area (TPSA) is 134 Å². The van der Waals surface area contributed by atoms with E-state index in [4.69, 9.17) is 37.9 Å². The van der Waals surface area contributed by atoms with Crippen molar-refractivity contribution >= 4 is 11.7 Å². The zero-order chi connectivity index (χ0) is 26.1. The number of hydrogen-bond acceptors (Lipinski definition) is 11. The summed E-state index contributed by atoms with van der Waals surface area (Å²) < 4.78 is 42.7. The van der Waals surface area contributed by atoms with Gasteiger partial charge in [0, 0.05) is 18.6 Å². The van der Waals surface area contributed by atoms with Crippen LogP contribution in [0.15, 0.2) is 24.3 Å². The highest BCUT2D eigenvalue weighted by molar-refractivity contribution is 5.69. The first-order valence-corrected chi connectivity index (χ1v) is 12.1. The first kappa shape index (κ1) is 31.7. The summed E-state index contributed by atoms with van der Waals surface area (Å²) in [5.41, 5.74) is 0.0246. The number of benzene rings is 1. The number of ether oxygens (including phenoxy) is 8. The smallest absolute Gasteiger partial charge is 0.305 e. The van der Waals surface area contributed by atoms with Gasteiger partial charge in [-0.15, -0.1) is 0 Å². The standard InChI is InChI=1S/C24H39NO11/c1-2-3-24(26)36-21-19-34-17-15-32-13-11-30-9-8-29-10-12-31-14-16-33-18-20-35-23-6-4-22(5-7-23)25(27)28/h4-7H,2-3,8-21H2,1H3. The molecule has 0 fully saturated rings. The zero-order valence-corrected chi connectivity index (χ0v) is 21.1. The van der Waals surface area contributed by atoms with Crippen LogP contribution in [0.3, 0.4) is 0 Å². The molecule has 0 aliphatic heterocycles. The molecule has 0 saturated carbocycles. The number of hydrogen-bond donors (Lipinski definition) is 0. The third-order valence-electron chi connectivity index (χ3n) is 4.35. The molecular weight excluding hydrogens is 478 g/mol. The largest absolute Gasteiger partial charge is 0.491 e. The summed E-state index contributed by atoms with van der Waals surface area (Å²) in [6.45, 7) is 7.89. The van der Waals surface area contributed by atoms with Gasteiger partial charge in [0.25, 0.3) is 5.69 Å². The molecule has 1 aromatic rings. The summed E-state index contributed by atoms with van der Waals surface area (Å²) in [6.07, 6.45) is 1.22. The number of esters is 1. The molecule has 0 N–H and O–H groups in total. The highest BCUT2D eigenvalue weighted by Crippen LogP contribution is 2.17. The fourth-order valence-electron chi connectivity index (χ4n) is 2.57. The number of nitro groups is 1. The van der Waals surface area contributed by atoms with Gasteiger partial charge in [-0.1, -0.05) is 6.92 Å². The highest BCUT2D eigenvalue weighted by Gasteiger charge is 2.04. The van der Waals surface area contributed by atoms with Crippen LogP contribution in [0.25, 0.3) is 0 Å². The van der Waals surface area contributed by atoms with Gasteiger partial charge in [-0.25, -0.2) is 0 Å². The third-order valence-corrected chi connectivity index (χ3v) is 4.35. The van der Waals surface area contributed by atoms with Crippen LogP contribution in [0.4, 0.5) is 5.69 Å². The average Bonchev–Trinajstić information content (AvgIpc) is 2.87. The summed E-state index contributed by atoms with van der Waals surface area (Å²) in [7, 11) is 0. The maximum atomic E-state index is 11.1. The molecule has 0 atom stereocenters. The monoisotopic (exact) mass is 517 g/mol. The van der Waals surface area contributed by atoms with Crippen molar-refractivity contribution in [2.45, 2.75) is 19.8 Å². The van der Waals surface area contributed by atoms with Gasteiger partial charge in [0.1, 0.15) is 19.0 Å². The summed E-state index contributed by atoms with van der Waals surface area (Å²) in [5.74, 6) is 0.359. The second kappa shape index (κ2) is 23.1. The Morgan fingerprint density at radius 1 is 0.667 bits per heavy atom. The molecule has 0 radical (unpaired) electrons. The number of nitro benzene ring substituents is 1. The van der Waals surface area contributed by atoms with Crippen molar-refractivity contribution in [3.63, 3.8) is 0 Å². The molecule has 36 heavy (non-hydrogen) atoms. The minimum absolute atomic E-state index is 0.0246. The normalized spacial score (nSPS) is 10.9. The molecule has 206 valence electrons. The predicted octanol–water partition coefficient (Wildman–Crippen LogP) is 2.42. The van der Waals surface area contributed by atoms with Gasteiger partial charge in [-0.05, 0) is 18.6 Å². The summed E-state index contributed by atoms with van der Waals surface area (Å²) in [4.78, 5) is 21.3. The van der Waals surface area contributed by atoms with Crippen molar-refractivity contribution in [1.82, 2.24) is 0 Å². The SMILES string of the molecule is CCCC(=O)OCCOCCOCCOCCOCCOCCOCCOc1ccc([N+](=O)[O-])cc1. The highest BCUT2D eigenvalue weighted by atomic mass is 16.6. The first-order chi connectivity index (χ1) is 17.6. The Bertz CT molecular complexity index is 673. The fraction of sp³-hybridized carbons (Fsp3) is 0.708. The molecule has 0 amide bonds. The Labute approximate surface area is 212 Å². The quantitative estimate of drug-likeness (QED) is 0.0819. The molecule has 0 aliphatic rings. The molecule has 0 bridgehead atoms. The van der Waals surface area contributed by atoms with Crippen molar-refractivity contribution in [3.8, 4) is 5.75 Å². The average molecular weight is 518 g/mol. The second-order valence-electron chi connectivity index (χ2n) is 7.24. The van der Waals surface area contributed by atoms with Gasteiger partial charge < -0.3 is 37.9 Å². The van der Waals surface area contributed by atoms with E-state index in [9.17, 15) is 14.9 Å². The van der Waals surface area contributed by atoms with Crippen molar-refractivity contribution < 1.29 is 47.6 Å². The molecular formula is C24H39NO11. The Morgan fingerprint density at radius 2 is 1.06 bits per heavy atom. The van der Waals surface area contributed by atoms with E-state index >= 15 is 0 Å². The lowest BCUT2D eigenvalue weighted by atomic mass is 10.3. The molecule has 0 aliphatic carbocycles. The number of carbonyl (C=O) groups excluding carboxylic acids is 1. The first-order valence-electron chi connectivity index (χ1n) is 12.1. The van der Waals surface area contributed by atoms with Crippen molar-refractivity contribution in [2.75, 3.05) is 92.5 Å². The van der Waals surface area contributed by atoms with E-state index in [-0.39, 0.29) is 18.3 Å². The molecule has 0 aromatic heterocycles. The predicted molar refractivity (Wildman–Crippen MR) is 129 cm³/mol. The Balaban J connectivity index is 1.72. The molecule has 12 heteroatoms. The molecule has 0 spiro atoms. The zero-order valence-electron chi connectivity index (χ0n) is 21.1. The van der Waals surface area contributed by atoms with E-state index in [0.29, 0.717) is 98.1 Å². The lowest BCUT2D eigenvalue weighted by Crippen LogP contribution is -2.15. The van der Waals surface area contributed by atoms with Crippen molar-refractivity contribution in [3.05, 3.63) is 34.4 Å². The van der Waals surface area contributed by atoms with Gasteiger partial charge >= 0.3 is 5.97 Å². The minimum atomic E-state index is -0.455. The molecule has 0 saturated heterocycles. The molecule has 1 rings (SSSR count). The van der Waals surface area contributed by atoms with Crippen LogP contribution in [-0.4, -0.2) is 103 Å². The third kappa shape index (κ3) is 18.9. The number of carbonyl (C=O) groups is 1. The molecule has 12 nitrogen and oxygen atoms in total. The molecule has 0 unspecified atom stereocenters. The van der Waals surface area contributed by atoms with E-state index < -0.39 is 4.92 Å². The van der Waals surface area contributed by atoms with Crippen LogP contribution in [-0.2, 0) is 38.0 Å². The second-order valence-corrected chi connectivity index (χ2v) is 7.24. The van der Waals surface area contributed by atoms with Gasteiger partial charge in [0.15, 0.2) is 0 Å². The van der Waals surface area contributed by atoms with E-state index in [1.165, 1.54) is 12.1 Å².